The Morgan fingerprint density at radius 2 is 1.68 bits per heavy atom. The quantitative estimate of drug-likeness (QED) is 0.596. The minimum Gasteiger partial charge on any atom is -0.508 e. The largest absolute Gasteiger partial charge is 0.508 e. The van der Waals surface area contributed by atoms with Crippen LogP contribution in [-0.2, 0) is 4.79 Å². The molecular formula is C16H15N3O3. The molecule has 0 aliphatic carbocycles. The van der Waals surface area contributed by atoms with Gasteiger partial charge in [-0.25, -0.2) is 5.43 Å². The Kier molecular flexibility index (Phi) is 4.87. The van der Waals surface area contributed by atoms with Gasteiger partial charge in [-0.2, -0.15) is 5.10 Å². The molecular weight excluding hydrogens is 282 g/mol. The molecule has 6 heteroatoms. The average Bonchev–Trinajstić information content (AvgIpc) is 2.49. The fraction of sp³-hybridized carbons (Fsp3) is 0.0625. The van der Waals surface area contributed by atoms with Crippen LogP contribution >= 0.6 is 0 Å². The second-order valence-electron chi connectivity index (χ2n) is 4.55. The van der Waals surface area contributed by atoms with Crippen LogP contribution in [0.1, 0.15) is 22.8 Å². The number of benzene rings is 2. The van der Waals surface area contributed by atoms with Crippen LogP contribution in [0.25, 0.3) is 0 Å². The molecule has 0 saturated carbocycles. The summed E-state index contributed by atoms with van der Waals surface area (Å²) in [5, 5.41) is 15.6. The number of carbonyl (C=O) groups is 2. The first-order chi connectivity index (χ1) is 10.5. The van der Waals surface area contributed by atoms with Gasteiger partial charge >= 0.3 is 0 Å². The van der Waals surface area contributed by atoms with Gasteiger partial charge in [-0.3, -0.25) is 9.59 Å². The molecule has 0 unspecified atom stereocenters. The summed E-state index contributed by atoms with van der Waals surface area (Å²) in [5.74, 6) is -0.361. The van der Waals surface area contributed by atoms with E-state index in [1.54, 1.807) is 36.4 Å². The number of nitrogens with one attached hydrogen (secondary N) is 2. The Balaban J connectivity index is 1.94. The van der Waals surface area contributed by atoms with Crippen LogP contribution in [0.15, 0.2) is 53.6 Å². The second-order valence-corrected chi connectivity index (χ2v) is 4.55. The van der Waals surface area contributed by atoms with E-state index in [9.17, 15) is 9.59 Å². The summed E-state index contributed by atoms with van der Waals surface area (Å²) in [5.41, 5.74) is 4.20. The molecule has 112 valence electrons. The standard InChI is InChI=1S/C16H15N3O3/c1-11(20)18-14-6-4-13(5-7-14)16(22)19-17-10-12-2-8-15(21)9-3-12/h2-10,21H,1H3,(H,18,20)(H,19,22)/b17-10+. The van der Waals surface area contributed by atoms with Crippen LogP contribution < -0.4 is 10.7 Å². The minimum absolute atomic E-state index is 0.167. The molecule has 0 heterocycles. The van der Waals surface area contributed by atoms with E-state index in [1.807, 2.05) is 0 Å². The van der Waals surface area contributed by atoms with E-state index in [2.05, 4.69) is 15.8 Å². The SMILES string of the molecule is CC(=O)Nc1ccc(C(=O)N/N=C/c2ccc(O)cc2)cc1. The third-order valence-electron chi connectivity index (χ3n) is 2.74. The number of nitrogens with zero attached hydrogens (tertiary/aromatic N) is 1. The Bertz CT molecular complexity index is 692. The zero-order chi connectivity index (χ0) is 15.9. The van der Waals surface area contributed by atoms with Crippen molar-refractivity contribution in [2.24, 2.45) is 5.10 Å². The number of anilines is 1. The number of carbonyl (C=O) groups excluding carboxylic acids is 2. The molecule has 0 aromatic heterocycles. The van der Waals surface area contributed by atoms with Crippen LogP contribution in [0.5, 0.6) is 5.75 Å². The van der Waals surface area contributed by atoms with Crippen molar-refractivity contribution in [1.29, 1.82) is 0 Å². The summed E-state index contributed by atoms with van der Waals surface area (Å²) >= 11 is 0. The lowest BCUT2D eigenvalue weighted by atomic mass is 10.2. The van der Waals surface area contributed by atoms with Gasteiger partial charge in [0.25, 0.3) is 5.91 Å². The number of hydrogen-bond acceptors (Lipinski definition) is 4. The molecule has 2 aromatic rings. The third-order valence-corrected chi connectivity index (χ3v) is 2.74. The van der Waals surface area contributed by atoms with Crippen molar-refractivity contribution in [3.8, 4) is 5.75 Å². The number of amides is 2. The van der Waals surface area contributed by atoms with Crippen molar-refractivity contribution >= 4 is 23.7 Å². The molecule has 3 N–H and O–H groups in total. The Hall–Kier alpha value is -3.15. The predicted octanol–water partition coefficient (Wildman–Crippen LogP) is 2.11. The van der Waals surface area contributed by atoms with Crippen molar-refractivity contribution in [2.45, 2.75) is 6.92 Å². The highest BCUT2D eigenvalue weighted by Crippen LogP contribution is 2.10. The smallest absolute Gasteiger partial charge is 0.271 e. The van der Waals surface area contributed by atoms with E-state index in [0.717, 1.165) is 5.56 Å². The van der Waals surface area contributed by atoms with E-state index in [1.165, 1.54) is 25.3 Å². The molecule has 0 fully saturated rings. The number of phenols is 1. The fourth-order valence-corrected chi connectivity index (χ4v) is 1.70. The van der Waals surface area contributed by atoms with Gasteiger partial charge in [0.2, 0.25) is 5.91 Å². The molecule has 2 aromatic carbocycles. The molecule has 0 spiro atoms. The van der Waals surface area contributed by atoms with Crippen LogP contribution in [0.3, 0.4) is 0 Å². The molecule has 0 saturated heterocycles. The zero-order valence-corrected chi connectivity index (χ0v) is 11.9. The summed E-state index contributed by atoms with van der Waals surface area (Å²) in [7, 11) is 0. The number of rotatable bonds is 4. The lowest BCUT2D eigenvalue weighted by Gasteiger charge is -2.03. The summed E-state index contributed by atoms with van der Waals surface area (Å²) in [4.78, 5) is 22.8. The Labute approximate surface area is 127 Å². The minimum atomic E-state index is -0.357. The van der Waals surface area contributed by atoms with E-state index >= 15 is 0 Å². The van der Waals surface area contributed by atoms with Crippen molar-refractivity contribution in [3.05, 3.63) is 59.7 Å². The third kappa shape index (κ3) is 4.45. The van der Waals surface area contributed by atoms with Crippen molar-refractivity contribution in [1.82, 2.24) is 5.43 Å². The first-order valence-corrected chi connectivity index (χ1v) is 6.55. The molecule has 22 heavy (non-hydrogen) atoms. The topological polar surface area (TPSA) is 90.8 Å². The highest BCUT2D eigenvalue weighted by molar-refractivity contribution is 5.96. The summed E-state index contributed by atoms with van der Waals surface area (Å²) in [6.45, 7) is 1.42. The Morgan fingerprint density at radius 3 is 2.27 bits per heavy atom. The van der Waals surface area contributed by atoms with E-state index < -0.39 is 0 Å². The van der Waals surface area contributed by atoms with Gasteiger partial charge in [0.15, 0.2) is 0 Å². The monoisotopic (exact) mass is 297 g/mol. The second kappa shape index (κ2) is 7.03. The number of hydrazone groups is 1. The van der Waals surface area contributed by atoms with Crippen molar-refractivity contribution in [2.75, 3.05) is 5.32 Å². The number of hydrogen-bond donors (Lipinski definition) is 3. The van der Waals surface area contributed by atoms with Crippen LogP contribution in [-0.4, -0.2) is 23.1 Å². The summed E-state index contributed by atoms with van der Waals surface area (Å²) in [6, 6.07) is 12.9. The molecule has 0 atom stereocenters. The van der Waals surface area contributed by atoms with Crippen LogP contribution in [0, 0.1) is 0 Å². The molecule has 0 radical (unpaired) electrons. The molecule has 0 bridgehead atoms. The van der Waals surface area contributed by atoms with Gasteiger partial charge in [0, 0.05) is 18.2 Å². The first kappa shape index (κ1) is 15.2. The number of phenolic OH excluding ortho intramolecular Hbond substituents is 1. The van der Waals surface area contributed by atoms with Crippen LogP contribution in [0.2, 0.25) is 0 Å². The van der Waals surface area contributed by atoms with E-state index in [0.29, 0.717) is 11.3 Å². The van der Waals surface area contributed by atoms with Gasteiger partial charge in [-0.15, -0.1) is 0 Å². The maximum atomic E-state index is 11.9. The molecule has 0 aliphatic heterocycles. The fourth-order valence-electron chi connectivity index (χ4n) is 1.70. The lowest BCUT2D eigenvalue weighted by Crippen LogP contribution is -2.17. The maximum absolute atomic E-state index is 11.9. The highest BCUT2D eigenvalue weighted by Gasteiger charge is 2.04. The zero-order valence-electron chi connectivity index (χ0n) is 11.9. The summed E-state index contributed by atoms with van der Waals surface area (Å²) < 4.78 is 0. The average molecular weight is 297 g/mol. The molecule has 2 amide bonds. The lowest BCUT2D eigenvalue weighted by molar-refractivity contribution is -0.114. The first-order valence-electron chi connectivity index (χ1n) is 6.55. The molecule has 2 rings (SSSR count). The molecule has 0 aliphatic rings. The summed E-state index contributed by atoms with van der Waals surface area (Å²) in [6.07, 6.45) is 1.48. The number of aromatic hydroxyl groups is 1. The maximum Gasteiger partial charge on any atom is 0.271 e. The van der Waals surface area contributed by atoms with Gasteiger partial charge in [-0.1, -0.05) is 0 Å². The van der Waals surface area contributed by atoms with Crippen molar-refractivity contribution < 1.29 is 14.7 Å². The Morgan fingerprint density at radius 1 is 1.05 bits per heavy atom. The van der Waals surface area contributed by atoms with E-state index in [4.69, 9.17) is 5.11 Å². The normalized spacial score (nSPS) is 10.4. The van der Waals surface area contributed by atoms with Crippen molar-refractivity contribution in [3.63, 3.8) is 0 Å². The van der Waals surface area contributed by atoms with Gasteiger partial charge < -0.3 is 10.4 Å². The predicted molar refractivity (Wildman–Crippen MR) is 83.9 cm³/mol. The highest BCUT2D eigenvalue weighted by atomic mass is 16.3. The van der Waals surface area contributed by atoms with Gasteiger partial charge in [0.05, 0.1) is 6.21 Å². The van der Waals surface area contributed by atoms with E-state index in [-0.39, 0.29) is 17.6 Å². The van der Waals surface area contributed by atoms with Crippen LogP contribution in [0.4, 0.5) is 5.69 Å². The van der Waals surface area contributed by atoms with Gasteiger partial charge in [0.1, 0.15) is 5.75 Å². The molecule has 6 nitrogen and oxygen atoms in total. The van der Waals surface area contributed by atoms with Gasteiger partial charge in [-0.05, 0) is 54.1 Å².